The molecule has 0 atom stereocenters. The number of nitrogens with one attached hydrogen (secondary N) is 1. The van der Waals surface area contributed by atoms with Crippen LogP contribution < -0.4 is 14.8 Å². The first kappa shape index (κ1) is 18.7. The number of carbonyl (C=O) groups excluding carboxylic acids is 1. The van der Waals surface area contributed by atoms with Crippen LogP contribution in [0.15, 0.2) is 48.7 Å². The zero-order valence-corrected chi connectivity index (χ0v) is 15.5. The lowest BCUT2D eigenvalue weighted by Crippen LogP contribution is -2.14. The number of rotatable bonds is 6. The van der Waals surface area contributed by atoms with Gasteiger partial charge in [0.2, 0.25) is 0 Å². The van der Waals surface area contributed by atoms with Crippen molar-refractivity contribution < 1.29 is 18.7 Å². The Kier molecular flexibility index (Phi) is 5.61. The Morgan fingerprint density at radius 3 is 2.74 bits per heavy atom. The summed E-state index contributed by atoms with van der Waals surface area (Å²) in [6, 6.07) is 11.0. The van der Waals surface area contributed by atoms with Gasteiger partial charge in [0.05, 0.1) is 26.3 Å². The van der Waals surface area contributed by atoms with Crippen LogP contribution in [-0.2, 0) is 6.54 Å². The third kappa shape index (κ3) is 4.20. The summed E-state index contributed by atoms with van der Waals surface area (Å²) in [4.78, 5) is 12.5. The number of hydrogen-bond acceptors (Lipinski definition) is 4. The number of halogens is 2. The van der Waals surface area contributed by atoms with Crippen molar-refractivity contribution in [3.8, 4) is 11.5 Å². The maximum Gasteiger partial charge on any atom is 0.260 e. The highest BCUT2D eigenvalue weighted by Gasteiger charge is 2.15. The summed E-state index contributed by atoms with van der Waals surface area (Å²) in [5.74, 6) is 0.486. The van der Waals surface area contributed by atoms with Gasteiger partial charge < -0.3 is 14.8 Å². The quantitative estimate of drug-likeness (QED) is 0.692. The van der Waals surface area contributed by atoms with Crippen LogP contribution in [0, 0.1) is 5.82 Å². The summed E-state index contributed by atoms with van der Waals surface area (Å²) in [6.07, 6.45) is 1.63. The van der Waals surface area contributed by atoms with E-state index in [1.165, 1.54) is 31.0 Å². The molecule has 140 valence electrons. The smallest absolute Gasteiger partial charge is 0.260 e. The molecule has 0 bridgehead atoms. The minimum absolute atomic E-state index is 0.146. The first-order valence-electron chi connectivity index (χ1n) is 8.01. The van der Waals surface area contributed by atoms with Gasteiger partial charge in [0.15, 0.2) is 5.82 Å². The van der Waals surface area contributed by atoms with E-state index >= 15 is 0 Å². The van der Waals surface area contributed by atoms with Crippen LogP contribution in [0.4, 0.5) is 10.2 Å². The molecule has 0 saturated heterocycles. The molecule has 1 amide bonds. The van der Waals surface area contributed by atoms with Crippen molar-refractivity contribution in [2.45, 2.75) is 6.54 Å². The number of aromatic nitrogens is 2. The Balaban J connectivity index is 1.75. The molecule has 0 unspecified atom stereocenters. The Hall–Kier alpha value is -3.06. The molecule has 0 radical (unpaired) electrons. The molecular weight excluding hydrogens is 373 g/mol. The Morgan fingerprint density at radius 2 is 2.04 bits per heavy atom. The van der Waals surface area contributed by atoms with Crippen LogP contribution in [0.2, 0.25) is 5.02 Å². The SMILES string of the molecule is COc1ccc(C(=O)Nc2ccn(Cc3c(F)cccc3Cl)n2)c(OC)c1. The van der Waals surface area contributed by atoms with Gasteiger partial charge in [-0.25, -0.2) is 4.39 Å². The molecule has 6 nitrogen and oxygen atoms in total. The highest BCUT2D eigenvalue weighted by molar-refractivity contribution is 6.31. The van der Waals surface area contributed by atoms with Crippen LogP contribution in [0.25, 0.3) is 0 Å². The van der Waals surface area contributed by atoms with Crippen LogP contribution in [0.5, 0.6) is 11.5 Å². The van der Waals surface area contributed by atoms with Crippen LogP contribution in [0.1, 0.15) is 15.9 Å². The fourth-order valence-electron chi connectivity index (χ4n) is 2.53. The maximum atomic E-state index is 13.9. The van der Waals surface area contributed by atoms with Gasteiger partial charge in [-0.15, -0.1) is 0 Å². The average molecular weight is 390 g/mol. The highest BCUT2D eigenvalue weighted by atomic mass is 35.5. The van der Waals surface area contributed by atoms with Crippen molar-refractivity contribution in [1.29, 1.82) is 0 Å². The van der Waals surface area contributed by atoms with Crippen molar-refractivity contribution in [3.05, 3.63) is 70.6 Å². The second kappa shape index (κ2) is 8.09. The zero-order valence-electron chi connectivity index (χ0n) is 14.7. The minimum Gasteiger partial charge on any atom is -0.497 e. The van der Waals surface area contributed by atoms with Gasteiger partial charge in [0.1, 0.15) is 17.3 Å². The molecule has 3 rings (SSSR count). The zero-order chi connectivity index (χ0) is 19.4. The minimum atomic E-state index is -0.411. The van der Waals surface area contributed by atoms with Crippen LogP contribution >= 0.6 is 11.6 Å². The van der Waals surface area contributed by atoms with Crippen molar-refractivity contribution >= 4 is 23.3 Å². The number of nitrogens with zero attached hydrogens (tertiary/aromatic N) is 2. The lowest BCUT2D eigenvalue weighted by molar-refractivity contribution is 0.102. The van der Waals surface area contributed by atoms with Crippen molar-refractivity contribution in [2.24, 2.45) is 0 Å². The van der Waals surface area contributed by atoms with Crippen molar-refractivity contribution in [2.75, 3.05) is 19.5 Å². The molecule has 3 aromatic rings. The third-order valence-electron chi connectivity index (χ3n) is 3.92. The fraction of sp³-hybridized carbons (Fsp3) is 0.158. The van der Waals surface area contributed by atoms with E-state index < -0.39 is 5.82 Å². The number of ether oxygens (including phenoxy) is 2. The van der Waals surface area contributed by atoms with E-state index in [0.29, 0.717) is 33.5 Å². The van der Waals surface area contributed by atoms with Crippen molar-refractivity contribution in [3.63, 3.8) is 0 Å². The molecule has 0 saturated carbocycles. The molecule has 0 aliphatic carbocycles. The second-order valence-electron chi connectivity index (χ2n) is 5.62. The molecular formula is C19H17ClFN3O3. The average Bonchev–Trinajstić information content (AvgIpc) is 3.11. The maximum absolute atomic E-state index is 13.9. The lowest BCUT2D eigenvalue weighted by atomic mass is 10.1. The van der Waals surface area contributed by atoms with Crippen molar-refractivity contribution in [1.82, 2.24) is 9.78 Å². The van der Waals surface area contributed by atoms with Gasteiger partial charge in [-0.2, -0.15) is 5.10 Å². The van der Waals surface area contributed by atoms with Crippen LogP contribution in [0.3, 0.4) is 0 Å². The molecule has 2 aromatic carbocycles. The molecule has 1 aromatic heterocycles. The fourth-order valence-corrected chi connectivity index (χ4v) is 2.75. The van der Waals surface area contributed by atoms with E-state index in [-0.39, 0.29) is 12.5 Å². The summed E-state index contributed by atoms with van der Waals surface area (Å²) in [5, 5.41) is 7.24. The van der Waals surface area contributed by atoms with Gasteiger partial charge in [-0.05, 0) is 24.3 Å². The predicted octanol–water partition coefficient (Wildman–Crippen LogP) is 3.99. The summed E-state index contributed by atoms with van der Waals surface area (Å²) in [5.41, 5.74) is 0.668. The summed E-state index contributed by atoms with van der Waals surface area (Å²) in [6.45, 7) is 0.146. The molecule has 27 heavy (non-hydrogen) atoms. The molecule has 0 aliphatic heterocycles. The number of benzene rings is 2. The number of hydrogen-bond donors (Lipinski definition) is 1. The van der Waals surface area contributed by atoms with E-state index in [2.05, 4.69) is 10.4 Å². The van der Waals surface area contributed by atoms with Gasteiger partial charge in [0.25, 0.3) is 5.91 Å². The number of carbonyl (C=O) groups is 1. The summed E-state index contributed by atoms with van der Waals surface area (Å²) in [7, 11) is 3.00. The van der Waals surface area contributed by atoms with E-state index in [1.807, 2.05) is 0 Å². The number of amides is 1. The second-order valence-corrected chi connectivity index (χ2v) is 6.03. The first-order valence-corrected chi connectivity index (χ1v) is 8.39. The summed E-state index contributed by atoms with van der Waals surface area (Å²) < 4.78 is 25.7. The van der Waals surface area contributed by atoms with E-state index in [1.54, 1.807) is 36.5 Å². The van der Waals surface area contributed by atoms with E-state index in [4.69, 9.17) is 21.1 Å². The van der Waals surface area contributed by atoms with E-state index in [0.717, 1.165) is 0 Å². The Bertz CT molecular complexity index is 954. The predicted molar refractivity (Wildman–Crippen MR) is 100 cm³/mol. The molecule has 1 heterocycles. The topological polar surface area (TPSA) is 65.4 Å². The Morgan fingerprint density at radius 1 is 1.22 bits per heavy atom. The van der Waals surface area contributed by atoms with Gasteiger partial charge in [-0.1, -0.05) is 17.7 Å². The van der Waals surface area contributed by atoms with Gasteiger partial charge in [-0.3, -0.25) is 9.48 Å². The monoisotopic (exact) mass is 389 g/mol. The third-order valence-corrected chi connectivity index (χ3v) is 4.27. The van der Waals surface area contributed by atoms with E-state index in [9.17, 15) is 9.18 Å². The summed E-state index contributed by atoms with van der Waals surface area (Å²) >= 11 is 6.03. The van der Waals surface area contributed by atoms with Gasteiger partial charge >= 0.3 is 0 Å². The Labute approximate surface area is 160 Å². The number of methoxy groups -OCH3 is 2. The first-order chi connectivity index (χ1) is 13.0. The largest absolute Gasteiger partial charge is 0.497 e. The van der Waals surface area contributed by atoms with Crippen LogP contribution in [-0.4, -0.2) is 29.9 Å². The molecule has 1 N–H and O–H groups in total. The normalized spacial score (nSPS) is 10.5. The van der Waals surface area contributed by atoms with Gasteiger partial charge in [0, 0.05) is 28.9 Å². The molecule has 0 fully saturated rings. The standard InChI is InChI=1S/C19H17ClFN3O3/c1-26-12-6-7-13(17(10-12)27-2)19(25)22-18-8-9-24(23-18)11-14-15(20)4-3-5-16(14)21/h3-10H,11H2,1-2H3,(H,22,23,25). The number of anilines is 1. The molecule has 0 aliphatic rings. The lowest BCUT2D eigenvalue weighted by Gasteiger charge is -2.10. The molecule has 8 heteroatoms. The highest BCUT2D eigenvalue weighted by Crippen LogP contribution is 2.25. The molecule has 0 spiro atoms.